The average Bonchev–Trinajstić information content (AvgIpc) is 2.82. The smallest absolute Gasteiger partial charge is 0.407 e. The summed E-state index contributed by atoms with van der Waals surface area (Å²) in [5.41, 5.74) is 0. The molecule has 0 aromatic carbocycles. The molecule has 202 valence electrons. The molecule has 0 heterocycles. The van der Waals surface area contributed by atoms with Crippen molar-refractivity contribution >= 4 is 12.1 Å². The van der Waals surface area contributed by atoms with E-state index in [0.29, 0.717) is 19.6 Å². The zero-order valence-electron chi connectivity index (χ0n) is 23.1. The van der Waals surface area contributed by atoms with Crippen molar-refractivity contribution in [2.75, 3.05) is 13.2 Å². The first-order valence-electron chi connectivity index (χ1n) is 14.6. The van der Waals surface area contributed by atoms with Gasteiger partial charge >= 0.3 is 12.1 Å². The van der Waals surface area contributed by atoms with Crippen molar-refractivity contribution in [2.24, 2.45) is 5.92 Å². The molecule has 0 aliphatic rings. The zero-order valence-corrected chi connectivity index (χ0v) is 23.1. The molecular weight excluding hydrogens is 426 g/mol. The number of alkyl carbamates (subject to hydrolysis) is 1. The number of amides is 1. The van der Waals surface area contributed by atoms with Crippen molar-refractivity contribution < 1.29 is 19.1 Å². The van der Waals surface area contributed by atoms with E-state index in [1.54, 1.807) is 0 Å². The summed E-state index contributed by atoms with van der Waals surface area (Å²) in [6.45, 7) is 9.08. The Morgan fingerprint density at radius 3 is 1.50 bits per heavy atom. The van der Waals surface area contributed by atoms with Gasteiger partial charge in [-0.1, -0.05) is 137 Å². The van der Waals surface area contributed by atoms with Crippen LogP contribution in [0.25, 0.3) is 0 Å². The summed E-state index contributed by atoms with van der Waals surface area (Å²) in [5.74, 6) is -0.0717. The number of carbonyl (C=O) groups excluding carboxylic acids is 2. The van der Waals surface area contributed by atoms with E-state index in [9.17, 15) is 9.59 Å². The molecular formula is C29H57NO4. The highest BCUT2D eigenvalue weighted by Gasteiger charge is 2.22. The highest BCUT2D eigenvalue weighted by atomic mass is 16.6. The van der Waals surface area contributed by atoms with Crippen LogP contribution in [0, 0.1) is 5.92 Å². The lowest BCUT2D eigenvalue weighted by atomic mass is 10.0. The van der Waals surface area contributed by atoms with E-state index in [1.165, 1.54) is 89.9 Å². The fourth-order valence-corrected chi connectivity index (χ4v) is 4.01. The molecule has 0 aromatic rings. The summed E-state index contributed by atoms with van der Waals surface area (Å²) in [7, 11) is 0. The number of hydrogen-bond donors (Lipinski definition) is 1. The van der Waals surface area contributed by atoms with Gasteiger partial charge in [0.05, 0.1) is 13.2 Å². The van der Waals surface area contributed by atoms with Crippen LogP contribution in [0.4, 0.5) is 4.79 Å². The maximum Gasteiger partial charge on any atom is 0.407 e. The number of ether oxygens (including phenoxy) is 2. The number of esters is 1. The first-order chi connectivity index (χ1) is 16.5. The fourth-order valence-electron chi connectivity index (χ4n) is 4.01. The van der Waals surface area contributed by atoms with Crippen LogP contribution in [-0.4, -0.2) is 31.3 Å². The van der Waals surface area contributed by atoms with Gasteiger partial charge in [-0.3, -0.25) is 0 Å². The molecule has 0 spiro atoms. The predicted molar refractivity (Wildman–Crippen MR) is 143 cm³/mol. The molecule has 0 bridgehead atoms. The van der Waals surface area contributed by atoms with E-state index in [4.69, 9.17) is 9.47 Å². The van der Waals surface area contributed by atoms with E-state index >= 15 is 0 Å². The molecule has 5 heteroatoms. The maximum absolute atomic E-state index is 12.4. The minimum Gasteiger partial charge on any atom is -0.464 e. The van der Waals surface area contributed by atoms with Gasteiger partial charge in [0.1, 0.15) is 6.04 Å². The number of nitrogens with one attached hydrogen (secondary N) is 1. The molecule has 0 radical (unpaired) electrons. The van der Waals surface area contributed by atoms with Crippen molar-refractivity contribution in [2.45, 2.75) is 156 Å². The third kappa shape index (κ3) is 22.5. The number of carbonyl (C=O) groups is 2. The molecule has 0 aliphatic carbocycles. The minimum absolute atomic E-state index is 0.265. The van der Waals surface area contributed by atoms with Crippen LogP contribution in [0.1, 0.15) is 150 Å². The van der Waals surface area contributed by atoms with Gasteiger partial charge in [-0.15, -0.1) is 0 Å². The predicted octanol–water partition coefficient (Wildman–Crippen LogP) is 8.73. The SMILES string of the molecule is CCCCCCCCCCCCCCCCCCOC(=O)C(CCCC)NC(=O)OCC(C)C. The Balaban J connectivity index is 3.64. The average molecular weight is 484 g/mol. The Morgan fingerprint density at radius 1 is 0.618 bits per heavy atom. The third-order valence-electron chi connectivity index (χ3n) is 6.21. The molecule has 34 heavy (non-hydrogen) atoms. The molecule has 0 aliphatic heterocycles. The minimum atomic E-state index is -0.610. The van der Waals surface area contributed by atoms with Gasteiger partial charge in [0, 0.05) is 0 Å². The van der Waals surface area contributed by atoms with Gasteiger partial charge in [-0.2, -0.15) is 0 Å². The molecule has 5 nitrogen and oxygen atoms in total. The van der Waals surface area contributed by atoms with Crippen molar-refractivity contribution in [3.63, 3.8) is 0 Å². The summed E-state index contributed by atoms with van der Waals surface area (Å²) in [6, 6.07) is -0.610. The van der Waals surface area contributed by atoms with E-state index in [2.05, 4.69) is 19.2 Å². The van der Waals surface area contributed by atoms with Gasteiger partial charge < -0.3 is 14.8 Å². The van der Waals surface area contributed by atoms with Gasteiger partial charge in [-0.05, 0) is 18.8 Å². The zero-order chi connectivity index (χ0) is 25.3. The lowest BCUT2D eigenvalue weighted by Gasteiger charge is -2.18. The van der Waals surface area contributed by atoms with Crippen LogP contribution in [0.2, 0.25) is 0 Å². The van der Waals surface area contributed by atoms with E-state index in [0.717, 1.165) is 25.7 Å². The normalized spacial score (nSPS) is 12.0. The standard InChI is InChI=1S/C29H57NO4/c1-5-7-9-10-11-12-13-14-15-16-17-18-19-20-21-22-24-33-28(31)27(23-8-6-2)30-29(32)34-25-26(3)4/h26-27H,5-25H2,1-4H3,(H,30,32). The Bertz CT molecular complexity index is 467. The largest absolute Gasteiger partial charge is 0.464 e. The quantitative estimate of drug-likeness (QED) is 0.110. The highest BCUT2D eigenvalue weighted by Crippen LogP contribution is 2.14. The topological polar surface area (TPSA) is 64.6 Å². The summed E-state index contributed by atoms with van der Waals surface area (Å²) in [5, 5.41) is 2.68. The number of unbranched alkanes of at least 4 members (excludes halogenated alkanes) is 16. The molecule has 0 fully saturated rings. The van der Waals surface area contributed by atoms with Crippen LogP contribution in [0.5, 0.6) is 0 Å². The lowest BCUT2D eigenvalue weighted by Crippen LogP contribution is -2.42. The molecule has 1 atom stereocenters. The van der Waals surface area contributed by atoms with Crippen LogP contribution < -0.4 is 5.32 Å². The fraction of sp³-hybridized carbons (Fsp3) is 0.931. The van der Waals surface area contributed by atoms with Gasteiger partial charge in [0.2, 0.25) is 0 Å². The van der Waals surface area contributed by atoms with Gasteiger partial charge in [0.15, 0.2) is 0 Å². The third-order valence-corrected chi connectivity index (χ3v) is 6.21. The summed E-state index contributed by atoms with van der Waals surface area (Å²) in [6.07, 6.45) is 23.0. The highest BCUT2D eigenvalue weighted by molar-refractivity contribution is 5.81. The van der Waals surface area contributed by atoms with E-state index < -0.39 is 12.1 Å². The molecule has 1 amide bonds. The van der Waals surface area contributed by atoms with Crippen LogP contribution in [0.3, 0.4) is 0 Å². The molecule has 0 saturated carbocycles. The summed E-state index contributed by atoms with van der Waals surface area (Å²) in [4.78, 5) is 24.3. The Labute approximate surface area is 211 Å². The van der Waals surface area contributed by atoms with Crippen LogP contribution >= 0.6 is 0 Å². The van der Waals surface area contributed by atoms with Crippen LogP contribution in [0.15, 0.2) is 0 Å². The molecule has 0 aromatic heterocycles. The first kappa shape index (κ1) is 32.7. The van der Waals surface area contributed by atoms with Gasteiger partial charge in [-0.25, -0.2) is 9.59 Å². The second-order valence-corrected chi connectivity index (χ2v) is 10.3. The summed E-state index contributed by atoms with van der Waals surface area (Å²) >= 11 is 0. The Hall–Kier alpha value is -1.26. The van der Waals surface area contributed by atoms with E-state index in [-0.39, 0.29) is 11.9 Å². The van der Waals surface area contributed by atoms with Crippen molar-refractivity contribution in [3.8, 4) is 0 Å². The van der Waals surface area contributed by atoms with Crippen molar-refractivity contribution in [1.29, 1.82) is 0 Å². The van der Waals surface area contributed by atoms with Crippen LogP contribution in [-0.2, 0) is 14.3 Å². The molecule has 0 saturated heterocycles. The monoisotopic (exact) mass is 483 g/mol. The molecule has 0 rings (SSSR count). The number of hydrogen-bond acceptors (Lipinski definition) is 4. The van der Waals surface area contributed by atoms with Crippen molar-refractivity contribution in [3.05, 3.63) is 0 Å². The van der Waals surface area contributed by atoms with Gasteiger partial charge in [0.25, 0.3) is 0 Å². The summed E-state index contributed by atoms with van der Waals surface area (Å²) < 4.78 is 10.6. The van der Waals surface area contributed by atoms with E-state index in [1.807, 2.05) is 13.8 Å². The Kier molecular flexibility index (Phi) is 23.9. The second-order valence-electron chi connectivity index (χ2n) is 10.3. The lowest BCUT2D eigenvalue weighted by molar-refractivity contribution is -0.146. The number of rotatable bonds is 24. The molecule has 1 unspecified atom stereocenters. The van der Waals surface area contributed by atoms with Crippen molar-refractivity contribution in [1.82, 2.24) is 5.32 Å². The second kappa shape index (κ2) is 24.9. The Morgan fingerprint density at radius 2 is 1.06 bits per heavy atom. The molecule has 1 N–H and O–H groups in total. The maximum atomic E-state index is 12.4. The first-order valence-corrected chi connectivity index (χ1v) is 14.6.